The molecule has 2 heterocycles. The van der Waals surface area contributed by atoms with Crippen molar-refractivity contribution in [1.82, 2.24) is 19.9 Å². The Kier molecular flexibility index (Phi) is 2.62. The summed E-state index contributed by atoms with van der Waals surface area (Å²) in [6.07, 6.45) is 2.70. The van der Waals surface area contributed by atoms with Crippen LogP contribution in [0.15, 0.2) is 10.8 Å². The Morgan fingerprint density at radius 3 is 3.14 bits per heavy atom. The second-order valence-corrected chi connectivity index (χ2v) is 3.69. The second kappa shape index (κ2) is 3.91. The van der Waals surface area contributed by atoms with Gasteiger partial charge in [-0.15, -0.1) is 0 Å². The third-order valence-electron chi connectivity index (χ3n) is 1.72. The largest absolute Gasteiger partial charge is 0.356 e. The lowest BCUT2D eigenvalue weighted by Crippen LogP contribution is -2.00. The topological polar surface area (TPSA) is 66.5 Å². The highest BCUT2D eigenvalue weighted by Gasteiger charge is 2.04. The normalized spacial score (nSPS) is 10.7. The monoisotopic (exact) mass is 255 g/mol. The van der Waals surface area contributed by atoms with E-state index in [9.17, 15) is 0 Å². The number of rotatable bonds is 3. The Morgan fingerprint density at radius 2 is 2.36 bits per heavy atom. The number of H-pyrrole nitrogens is 1. The first kappa shape index (κ1) is 9.39. The number of hydrogen-bond donors (Lipinski definition) is 2. The zero-order valence-corrected chi connectivity index (χ0v) is 9.30. The SMILES string of the molecule is CCCNc1nc2nc(Br)cnc2[nH]1. The molecule has 0 unspecified atom stereocenters. The van der Waals surface area contributed by atoms with Crippen LogP contribution in [0.1, 0.15) is 13.3 Å². The molecule has 6 heteroatoms. The Labute approximate surface area is 89.5 Å². The summed E-state index contributed by atoms with van der Waals surface area (Å²) in [6, 6.07) is 0. The Hall–Kier alpha value is -1.17. The van der Waals surface area contributed by atoms with Crippen molar-refractivity contribution in [3.8, 4) is 0 Å². The van der Waals surface area contributed by atoms with Gasteiger partial charge >= 0.3 is 0 Å². The van der Waals surface area contributed by atoms with Crippen molar-refractivity contribution < 1.29 is 0 Å². The zero-order chi connectivity index (χ0) is 9.97. The molecule has 0 radical (unpaired) electrons. The number of nitrogens with zero attached hydrogens (tertiary/aromatic N) is 3. The van der Waals surface area contributed by atoms with E-state index in [0.29, 0.717) is 15.9 Å². The second-order valence-electron chi connectivity index (χ2n) is 2.88. The number of fused-ring (bicyclic) bond motifs is 1. The maximum absolute atomic E-state index is 4.24. The van der Waals surface area contributed by atoms with Gasteiger partial charge in [-0.3, -0.25) is 0 Å². The molecule has 0 aromatic carbocycles. The van der Waals surface area contributed by atoms with E-state index in [0.717, 1.165) is 18.9 Å². The molecule has 0 spiro atoms. The third kappa shape index (κ3) is 1.84. The van der Waals surface area contributed by atoms with Crippen LogP contribution in [-0.4, -0.2) is 26.5 Å². The van der Waals surface area contributed by atoms with Gasteiger partial charge in [-0.05, 0) is 22.4 Å². The molecule has 0 saturated carbocycles. The first-order valence-electron chi connectivity index (χ1n) is 4.41. The van der Waals surface area contributed by atoms with Crippen molar-refractivity contribution in [1.29, 1.82) is 0 Å². The molecule has 2 aromatic rings. The van der Waals surface area contributed by atoms with Crippen LogP contribution in [0, 0.1) is 0 Å². The smallest absolute Gasteiger partial charge is 0.203 e. The molecular formula is C8H10BrN5. The molecular weight excluding hydrogens is 246 g/mol. The van der Waals surface area contributed by atoms with Crippen LogP contribution in [-0.2, 0) is 0 Å². The molecule has 0 bridgehead atoms. The van der Waals surface area contributed by atoms with E-state index in [2.05, 4.69) is 48.1 Å². The minimum absolute atomic E-state index is 0.623. The van der Waals surface area contributed by atoms with Crippen LogP contribution in [0.3, 0.4) is 0 Å². The van der Waals surface area contributed by atoms with Gasteiger partial charge in [0, 0.05) is 6.54 Å². The van der Waals surface area contributed by atoms with Crippen LogP contribution in [0.4, 0.5) is 5.95 Å². The van der Waals surface area contributed by atoms with Gasteiger partial charge in [-0.25, -0.2) is 9.97 Å². The van der Waals surface area contributed by atoms with E-state index >= 15 is 0 Å². The van der Waals surface area contributed by atoms with Crippen molar-refractivity contribution in [2.45, 2.75) is 13.3 Å². The van der Waals surface area contributed by atoms with Gasteiger partial charge < -0.3 is 10.3 Å². The molecule has 2 aromatic heterocycles. The molecule has 0 fully saturated rings. The van der Waals surface area contributed by atoms with Gasteiger partial charge in [0.05, 0.1) is 6.20 Å². The van der Waals surface area contributed by atoms with Crippen molar-refractivity contribution >= 4 is 33.2 Å². The molecule has 5 nitrogen and oxygen atoms in total. The Balaban J connectivity index is 2.32. The van der Waals surface area contributed by atoms with E-state index < -0.39 is 0 Å². The quantitative estimate of drug-likeness (QED) is 0.880. The number of aromatic nitrogens is 4. The third-order valence-corrected chi connectivity index (χ3v) is 2.10. The number of halogens is 1. The fourth-order valence-corrected chi connectivity index (χ4v) is 1.37. The predicted octanol–water partition coefficient (Wildman–Crippen LogP) is 1.94. The summed E-state index contributed by atoms with van der Waals surface area (Å²) >= 11 is 3.25. The van der Waals surface area contributed by atoms with Crippen molar-refractivity contribution in [3.05, 3.63) is 10.8 Å². The summed E-state index contributed by atoms with van der Waals surface area (Å²) in [6.45, 7) is 2.99. The van der Waals surface area contributed by atoms with Crippen molar-refractivity contribution in [2.24, 2.45) is 0 Å². The van der Waals surface area contributed by atoms with Crippen LogP contribution in [0.2, 0.25) is 0 Å². The fourth-order valence-electron chi connectivity index (χ4n) is 1.10. The molecule has 74 valence electrons. The Morgan fingerprint density at radius 1 is 1.50 bits per heavy atom. The summed E-state index contributed by atoms with van der Waals surface area (Å²) in [5.74, 6) is 0.722. The average Bonchev–Trinajstić information content (AvgIpc) is 2.56. The highest BCUT2D eigenvalue weighted by molar-refractivity contribution is 9.10. The van der Waals surface area contributed by atoms with E-state index in [1.807, 2.05) is 0 Å². The summed E-state index contributed by atoms with van der Waals surface area (Å²) < 4.78 is 0.693. The number of nitrogens with one attached hydrogen (secondary N) is 2. The molecule has 0 saturated heterocycles. The predicted molar refractivity (Wildman–Crippen MR) is 58.2 cm³/mol. The lowest BCUT2D eigenvalue weighted by atomic mass is 10.5. The molecule has 0 atom stereocenters. The van der Waals surface area contributed by atoms with Crippen molar-refractivity contribution in [2.75, 3.05) is 11.9 Å². The average molecular weight is 256 g/mol. The summed E-state index contributed by atoms with van der Waals surface area (Å²) in [4.78, 5) is 15.6. The van der Waals surface area contributed by atoms with Gasteiger partial charge in [0.15, 0.2) is 11.3 Å². The van der Waals surface area contributed by atoms with Gasteiger partial charge in [-0.1, -0.05) is 6.92 Å². The molecule has 14 heavy (non-hydrogen) atoms. The van der Waals surface area contributed by atoms with Gasteiger partial charge in [0.1, 0.15) is 4.60 Å². The first-order chi connectivity index (χ1) is 6.79. The van der Waals surface area contributed by atoms with Crippen LogP contribution < -0.4 is 5.32 Å². The van der Waals surface area contributed by atoms with Gasteiger partial charge in [-0.2, -0.15) is 4.98 Å². The van der Waals surface area contributed by atoms with E-state index in [1.165, 1.54) is 0 Å². The molecule has 2 N–H and O–H groups in total. The lowest BCUT2D eigenvalue weighted by Gasteiger charge is -1.96. The minimum atomic E-state index is 0.623. The van der Waals surface area contributed by atoms with Crippen molar-refractivity contribution in [3.63, 3.8) is 0 Å². The molecule has 0 aliphatic carbocycles. The highest BCUT2D eigenvalue weighted by atomic mass is 79.9. The summed E-state index contributed by atoms with van der Waals surface area (Å²) in [7, 11) is 0. The summed E-state index contributed by atoms with van der Waals surface area (Å²) in [5.41, 5.74) is 1.32. The van der Waals surface area contributed by atoms with Crippen LogP contribution >= 0.6 is 15.9 Å². The zero-order valence-electron chi connectivity index (χ0n) is 7.71. The highest BCUT2D eigenvalue weighted by Crippen LogP contribution is 2.12. The number of hydrogen-bond acceptors (Lipinski definition) is 4. The standard InChI is InChI=1S/C8H10BrN5/c1-2-3-10-8-13-6-7(14-8)12-5(9)4-11-6/h4H,2-3H2,1H3,(H2,10,11,12,13,14). The van der Waals surface area contributed by atoms with Crippen LogP contribution in [0.5, 0.6) is 0 Å². The number of aromatic amines is 1. The number of imidazole rings is 1. The lowest BCUT2D eigenvalue weighted by molar-refractivity contribution is 0.963. The molecule has 0 aliphatic heterocycles. The summed E-state index contributed by atoms with van der Waals surface area (Å²) in [5, 5.41) is 3.14. The van der Waals surface area contributed by atoms with Crippen LogP contribution in [0.25, 0.3) is 11.3 Å². The maximum Gasteiger partial charge on any atom is 0.203 e. The maximum atomic E-state index is 4.24. The van der Waals surface area contributed by atoms with E-state index in [1.54, 1.807) is 6.20 Å². The number of anilines is 1. The minimum Gasteiger partial charge on any atom is -0.356 e. The fraction of sp³-hybridized carbons (Fsp3) is 0.375. The van der Waals surface area contributed by atoms with E-state index in [4.69, 9.17) is 0 Å². The first-order valence-corrected chi connectivity index (χ1v) is 5.21. The van der Waals surface area contributed by atoms with E-state index in [-0.39, 0.29) is 0 Å². The molecule has 0 amide bonds. The van der Waals surface area contributed by atoms with Gasteiger partial charge in [0.25, 0.3) is 0 Å². The molecule has 2 rings (SSSR count). The molecule has 0 aliphatic rings. The van der Waals surface area contributed by atoms with Gasteiger partial charge in [0.2, 0.25) is 5.95 Å². The Bertz CT molecular complexity index is 438.